The Morgan fingerprint density at radius 1 is 1.29 bits per heavy atom. The molecule has 164 valence electrons. The number of carbonyl (C=O) groups is 3. The summed E-state index contributed by atoms with van der Waals surface area (Å²) in [5.41, 5.74) is 0.714. The molecule has 3 heterocycles. The topological polar surface area (TPSA) is 102 Å². The first-order valence-corrected chi connectivity index (χ1v) is 11.0. The zero-order chi connectivity index (χ0) is 22.7. The predicted octanol–water partition coefficient (Wildman–Crippen LogP) is 3.29. The molecule has 0 unspecified atom stereocenters. The van der Waals surface area contributed by atoms with Gasteiger partial charge in [0.2, 0.25) is 5.91 Å². The number of nitrogens with zero attached hydrogens (tertiary/aromatic N) is 2. The van der Waals surface area contributed by atoms with Gasteiger partial charge in [0.05, 0.1) is 17.2 Å². The number of aromatic nitrogens is 1. The minimum atomic E-state index is -0.796. The average Bonchev–Trinajstić information content (AvgIpc) is 3.20. The number of hydrogen-bond acceptors (Lipinski definition) is 7. The zero-order valence-electron chi connectivity index (χ0n) is 17.1. The second kappa shape index (κ2) is 7.72. The molecule has 2 amide bonds. The molecule has 11 heteroatoms. The number of ether oxygens (including phenoxy) is 1. The first-order valence-electron chi connectivity index (χ1n) is 9.37. The number of amides is 2. The maximum Gasteiger partial charge on any atom is 0.330 e. The normalized spacial score (nSPS) is 23.9. The third-order valence-corrected chi connectivity index (χ3v) is 7.64. The highest BCUT2D eigenvalue weighted by molar-refractivity contribution is 8.01. The van der Waals surface area contributed by atoms with Crippen molar-refractivity contribution in [2.75, 3.05) is 7.11 Å². The van der Waals surface area contributed by atoms with E-state index in [4.69, 9.17) is 32.5 Å². The van der Waals surface area contributed by atoms with E-state index in [1.807, 2.05) is 13.8 Å². The summed E-state index contributed by atoms with van der Waals surface area (Å²) in [6, 6.07) is 3.43. The molecule has 31 heavy (non-hydrogen) atoms. The van der Waals surface area contributed by atoms with E-state index in [0.717, 1.165) is 0 Å². The van der Waals surface area contributed by atoms with Crippen molar-refractivity contribution in [2.45, 2.75) is 43.0 Å². The fourth-order valence-corrected chi connectivity index (χ4v) is 6.18. The number of rotatable bonds is 4. The van der Waals surface area contributed by atoms with E-state index in [0.29, 0.717) is 15.6 Å². The highest BCUT2D eigenvalue weighted by Crippen LogP contribution is 2.51. The number of fused-ring (bicyclic) bond motifs is 1. The molecule has 0 bridgehead atoms. The number of benzene rings is 1. The van der Waals surface area contributed by atoms with Crippen LogP contribution in [0.3, 0.4) is 0 Å². The van der Waals surface area contributed by atoms with Gasteiger partial charge in [0.1, 0.15) is 34.5 Å². The Kier molecular flexibility index (Phi) is 5.47. The van der Waals surface area contributed by atoms with Crippen molar-refractivity contribution in [2.24, 2.45) is 0 Å². The van der Waals surface area contributed by atoms with Crippen LogP contribution < -0.4 is 5.32 Å². The summed E-state index contributed by atoms with van der Waals surface area (Å²) in [6.07, 6.45) is 0. The Balaban J connectivity index is 1.61. The molecule has 2 aliphatic heterocycles. The van der Waals surface area contributed by atoms with E-state index in [9.17, 15) is 14.4 Å². The lowest BCUT2D eigenvalue weighted by Crippen LogP contribution is -2.70. The Labute approximate surface area is 192 Å². The van der Waals surface area contributed by atoms with E-state index in [2.05, 4.69) is 10.5 Å². The molecule has 4 rings (SSSR count). The molecule has 2 saturated heterocycles. The third kappa shape index (κ3) is 3.39. The van der Waals surface area contributed by atoms with Crippen molar-refractivity contribution >= 4 is 52.7 Å². The van der Waals surface area contributed by atoms with Gasteiger partial charge in [-0.2, -0.15) is 0 Å². The Bertz CT molecular complexity index is 1080. The lowest BCUT2D eigenvalue weighted by atomic mass is 9.95. The summed E-state index contributed by atoms with van der Waals surface area (Å²) in [4.78, 5) is 39.7. The lowest BCUT2D eigenvalue weighted by molar-refractivity contribution is -0.161. The molecular formula is C20H19Cl2N3O5S. The zero-order valence-corrected chi connectivity index (χ0v) is 19.4. The molecular weight excluding hydrogens is 465 g/mol. The van der Waals surface area contributed by atoms with Gasteiger partial charge >= 0.3 is 5.97 Å². The van der Waals surface area contributed by atoms with Crippen LogP contribution in [0.4, 0.5) is 0 Å². The highest BCUT2D eigenvalue weighted by atomic mass is 35.5. The highest BCUT2D eigenvalue weighted by Gasteiger charge is 2.64. The number of thioether (sulfide) groups is 1. The molecule has 1 aromatic carbocycles. The van der Waals surface area contributed by atoms with Crippen molar-refractivity contribution in [1.29, 1.82) is 0 Å². The summed E-state index contributed by atoms with van der Waals surface area (Å²) in [5, 5.41) is 6.97. The fourth-order valence-electron chi connectivity index (χ4n) is 3.99. The van der Waals surface area contributed by atoms with Crippen LogP contribution in [0.1, 0.15) is 30.0 Å². The molecule has 2 aliphatic rings. The van der Waals surface area contributed by atoms with E-state index in [1.54, 1.807) is 25.1 Å². The van der Waals surface area contributed by atoms with E-state index < -0.39 is 28.7 Å². The maximum atomic E-state index is 13.1. The third-order valence-electron chi connectivity index (χ3n) is 5.44. The Morgan fingerprint density at radius 3 is 2.55 bits per heavy atom. The largest absolute Gasteiger partial charge is 0.467 e. The Hall–Kier alpha value is -2.23. The van der Waals surface area contributed by atoms with Gasteiger partial charge in [-0.25, -0.2) is 4.79 Å². The fraction of sp³-hybridized carbons (Fsp3) is 0.400. The van der Waals surface area contributed by atoms with Gasteiger partial charge < -0.3 is 19.5 Å². The van der Waals surface area contributed by atoms with Crippen LogP contribution in [0.2, 0.25) is 10.0 Å². The number of methoxy groups -OCH3 is 1. The SMILES string of the molecule is COC(=O)[C@@H]1N2C(=O)[C@@H](NC(=O)c3c(-c4c(Cl)cccc4Cl)noc3C)[C@H]2SC1(C)C. The first-order chi connectivity index (χ1) is 14.6. The number of hydrogen-bond donors (Lipinski definition) is 1. The van der Waals surface area contributed by atoms with Crippen LogP contribution >= 0.6 is 35.0 Å². The standard InChI is InChI=1S/C20H19Cl2N3O5S/c1-8-11(13(24-30-8)12-9(21)6-5-7-10(12)22)16(26)23-14-17(27)25-15(19(28)29-4)20(2,3)31-18(14)25/h5-7,14-15,18H,1-4H3,(H,23,26)/t14-,15+,18-/m1/s1. The molecule has 0 radical (unpaired) electrons. The van der Waals surface area contributed by atoms with Crippen LogP contribution in [0.15, 0.2) is 22.7 Å². The molecule has 0 spiro atoms. The summed E-state index contributed by atoms with van der Waals surface area (Å²) in [5.74, 6) is -1.11. The number of aryl methyl sites for hydroxylation is 1. The van der Waals surface area contributed by atoms with Crippen molar-refractivity contribution in [3.63, 3.8) is 0 Å². The van der Waals surface area contributed by atoms with Gasteiger partial charge in [-0.05, 0) is 32.9 Å². The molecule has 0 aliphatic carbocycles. The number of nitrogens with one attached hydrogen (secondary N) is 1. The smallest absolute Gasteiger partial charge is 0.330 e. The van der Waals surface area contributed by atoms with Crippen LogP contribution in [0, 0.1) is 6.92 Å². The monoisotopic (exact) mass is 483 g/mol. The molecule has 2 aromatic rings. The molecule has 3 atom stereocenters. The molecule has 1 aromatic heterocycles. The second-order valence-electron chi connectivity index (χ2n) is 7.79. The summed E-state index contributed by atoms with van der Waals surface area (Å²) in [6.45, 7) is 5.32. The first kappa shape index (κ1) is 22.0. The van der Waals surface area contributed by atoms with Gasteiger partial charge in [0.25, 0.3) is 5.91 Å². The summed E-state index contributed by atoms with van der Waals surface area (Å²) in [7, 11) is 1.29. The number of β-lactam (4-membered cyclic amide) rings is 1. The number of halogens is 2. The van der Waals surface area contributed by atoms with Crippen molar-refractivity contribution in [3.05, 3.63) is 39.6 Å². The number of esters is 1. The van der Waals surface area contributed by atoms with E-state index in [-0.39, 0.29) is 28.3 Å². The van der Waals surface area contributed by atoms with Gasteiger partial charge in [0.15, 0.2) is 0 Å². The lowest BCUT2D eigenvalue weighted by Gasteiger charge is -2.43. The second-order valence-corrected chi connectivity index (χ2v) is 10.4. The maximum absolute atomic E-state index is 13.1. The molecule has 2 fully saturated rings. The van der Waals surface area contributed by atoms with Crippen molar-refractivity contribution in [3.8, 4) is 11.3 Å². The van der Waals surface area contributed by atoms with Crippen LogP contribution in [0.5, 0.6) is 0 Å². The van der Waals surface area contributed by atoms with Crippen LogP contribution in [-0.4, -0.2) is 57.2 Å². The van der Waals surface area contributed by atoms with Gasteiger partial charge in [-0.15, -0.1) is 11.8 Å². The van der Waals surface area contributed by atoms with Crippen molar-refractivity contribution < 1.29 is 23.6 Å². The molecule has 8 nitrogen and oxygen atoms in total. The Morgan fingerprint density at radius 2 is 1.94 bits per heavy atom. The minimum absolute atomic E-state index is 0.146. The van der Waals surface area contributed by atoms with Gasteiger partial charge in [0, 0.05) is 10.3 Å². The van der Waals surface area contributed by atoms with Gasteiger partial charge in [-0.3, -0.25) is 9.59 Å². The van der Waals surface area contributed by atoms with E-state index >= 15 is 0 Å². The quantitative estimate of drug-likeness (QED) is 0.525. The van der Waals surface area contributed by atoms with E-state index in [1.165, 1.54) is 23.8 Å². The summed E-state index contributed by atoms with van der Waals surface area (Å²) < 4.78 is 9.54. The van der Waals surface area contributed by atoms with Gasteiger partial charge in [-0.1, -0.05) is 34.4 Å². The number of carbonyl (C=O) groups excluding carboxylic acids is 3. The van der Waals surface area contributed by atoms with Crippen LogP contribution in [-0.2, 0) is 14.3 Å². The summed E-state index contributed by atoms with van der Waals surface area (Å²) >= 11 is 14.0. The molecule has 1 N–H and O–H groups in total. The average molecular weight is 484 g/mol. The van der Waals surface area contributed by atoms with Crippen LogP contribution in [0.25, 0.3) is 11.3 Å². The predicted molar refractivity (Wildman–Crippen MR) is 116 cm³/mol. The van der Waals surface area contributed by atoms with Crippen molar-refractivity contribution in [1.82, 2.24) is 15.4 Å². The molecule has 0 saturated carbocycles. The minimum Gasteiger partial charge on any atom is -0.467 e.